The third-order valence-electron chi connectivity index (χ3n) is 3.42. The molecule has 0 aliphatic heterocycles. The van der Waals surface area contributed by atoms with E-state index >= 15 is 0 Å². The molecule has 5 heteroatoms. The van der Waals surface area contributed by atoms with E-state index in [1.165, 1.54) is 12.6 Å². The van der Waals surface area contributed by atoms with E-state index in [0.29, 0.717) is 17.3 Å². The van der Waals surface area contributed by atoms with Gasteiger partial charge in [0, 0.05) is 24.1 Å². The largest absolute Gasteiger partial charge is 0.334 e. The summed E-state index contributed by atoms with van der Waals surface area (Å²) in [6, 6.07) is 5.66. The molecular weight excluding hydrogens is 306 g/mol. The zero-order valence-electron chi connectivity index (χ0n) is 10.7. The van der Waals surface area contributed by atoms with Crippen molar-refractivity contribution in [3.8, 4) is 6.07 Å². The number of amides is 1. The Balaban J connectivity index is 2.10. The number of pyridine rings is 1. The molecule has 1 aliphatic rings. The maximum atomic E-state index is 12.4. The molecular formula is C14H16BrN3O. The van der Waals surface area contributed by atoms with Crippen LogP contribution in [-0.2, 0) is 0 Å². The van der Waals surface area contributed by atoms with Crippen molar-refractivity contribution >= 4 is 21.8 Å². The maximum absolute atomic E-state index is 12.4. The Hall–Kier alpha value is -1.41. The minimum absolute atomic E-state index is 0.0184. The number of hydrogen-bond donors (Lipinski definition) is 0. The zero-order valence-corrected chi connectivity index (χ0v) is 12.3. The summed E-state index contributed by atoms with van der Waals surface area (Å²) in [7, 11) is 0. The molecule has 0 bridgehead atoms. The normalized spacial score (nSPS) is 14.5. The van der Waals surface area contributed by atoms with Gasteiger partial charge in [-0.15, -0.1) is 0 Å². The van der Waals surface area contributed by atoms with Gasteiger partial charge in [0.1, 0.15) is 11.8 Å². The fourth-order valence-electron chi connectivity index (χ4n) is 2.11. The van der Waals surface area contributed by atoms with Gasteiger partial charge in [0.25, 0.3) is 5.91 Å². The standard InChI is InChI=1S/C14H16BrN3O/c15-7-2-8-18(12-3-1-4-12)14(19)13-6-5-11(9-16)10-17-13/h5-6,10,12H,1-4,7-8H2. The first kappa shape index (κ1) is 14.0. The summed E-state index contributed by atoms with van der Waals surface area (Å²) in [4.78, 5) is 18.5. The molecule has 1 saturated carbocycles. The van der Waals surface area contributed by atoms with Crippen molar-refractivity contribution < 1.29 is 4.79 Å². The second-order valence-corrected chi connectivity index (χ2v) is 5.46. The van der Waals surface area contributed by atoms with Crippen LogP contribution in [0.3, 0.4) is 0 Å². The van der Waals surface area contributed by atoms with Gasteiger partial charge in [-0.05, 0) is 37.8 Å². The summed E-state index contributed by atoms with van der Waals surface area (Å²) < 4.78 is 0. The minimum Gasteiger partial charge on any atom is -0.334 e. The molecule has 1 fully saturated rings. The Labute approximate surface area is 121 Å². The molecule has 1 aliphatic carbocycles. The number of aromatic nitrogens is 1. The third-order valence-corrected chi connectivity index (χ3v) is 3.98. The SMILES string of the molecule is N#Cc1ccc(C(=O)N(CCCBr)C2CCC2)nc1. The molecule has 0 spiro atoms. The number of rotatable bonds is 5. The average Bonchev–Trinajstić information content (AvgIpc) is 2.40. The third kappa shape index (κ3) is 3.32. The summed E-state index contributed by atoms with van der Waals surface area (Å²) >= 11 is 3.40. The second kappa shape index (κ2) is 6.67. The van der Waals surface area contributed by atoms with Gasteiger partial charge < -0.3 is 4.90 Å². The molecule has 2 rings (SSSR count). The van der Waals surface area contributed by atoms with E-state index in [1.54, 1.807) is 12.1 Å². The lowest BCUT2D eigenvalue weighted by Crippen LogP contribution is -2.45. The first-order valence-corrected chi connectivity index (χ1v) is 7.61. The van der Waals surface area contributed by atoms with Crippen LogP contribution in [0.2, 0.25) is 0 Å². The summed E-state index contributed by atoms with van der Waals surface area (Å²) in [5, 5.41) is 9.63. The Morgan fingerprint density at radius 1 is 1.53 bits per heavy atom. The first-order chi connectivity index (χ1) is 9.26. The Morgan fingerprint density at radius 2 is 2.32 bits per heavy atom. The highest BCUT2D eigenvalue weighted by Crippen LogP contribution is 2.26. The Morgan fingerprint density at radius 3 is 2.79 bits per heavy atom. The molecule has 19 heavy (non-hydrogen) atoms. The molecule has 0 radical (unpaired) electrons. The molecule has 0 atom stereocenters. The van der Waals surface area contributed by atoms with E-state index in [0.717, 1.165) is 31.1 Å². The van der Waals surface area contributed by atoms with Crippen LogP contribution in [-0.4, -0.2) is 33.7 Å². The number of nitriles is 1. The quantitative estimate of drug-likeness (QED) is 0.783. The lowest BCUT2D eigenvalue weighted by molar-refractivity contribution is 0.0575. The van der Waals surface area contributed by atoms with E-state index in [9.17, 15) is 4.79 Å². The van der Waals surface area contributed by atoms with Crippen molar-refractivity contribution in [1.82, 2.24) is 9.88 Å². The van der Waals surface area contributed by atoms with Crippen molar-refractivity contribution in [2.24, 2.45) is 0 Å². The fraction of sp³-hybridized carbons (Fsp3) is 0.500. The fourth-order valence-corrected chi connectivity index (χ4v) is 2.36. The molecule has 4 nitrogen and oxygen atoms in total. The van der Waals surface area contributed by atoms with Crippen LogP contribution in [0.25, 0.3) is 0 Å². The average molecular weight is 322 g/mol. The first-order valence-electron chi connectivity index (χ1n) is 6.49. The number of carbonyl (C=O) groups excluding carboxylic acids is 1. The van der Waals surface area contributed by atoms with Gasteiger partial charge in [0.05, 0.1) is 5.56 Å². The highest BCUT2D eigenvalue weighted by atomic mass is 79.9. The maximum Gasteiger partial charge on any atom is 0.272 e. The van der Waals surface area contributed by atoms with Gasteiger partial charge in [0.15, 0.2) is 0 Å². The van der Waals surface area contributed by atoms with Crippen molar-refractivity contribution in [2.75, 3.05) is 11.9 Å². The van der Waals surface area contributed by atoms with E-state index in [2.05, 4.69) is 20.9 Å². The van der Waals surface area contributed by atoms with E-state index < -0.39 is 0 Å². The molecule has 0 aromatic carbocycles. The van der Waals surface area contributed by atoms with Crippen LogP contribution in [0.15, 0.2) is 18.3 Å². The predicted molar refractivity (Wildman–Crippen MR) is 76.0 cm³/mol. The lowest BCUT2D eigenvalue weighted by Gasteiger charge is -2.37. The van der Waals surface area contributed by atoms with Crippen LogP contribution in [0, 0.1) is 11.3 Å². The van der Waals surface area contributed by atoms with Gasteiger partial charge in [-0.2, -0.15) is 5.26 Å². The van der Waals surface area contributed by atoms with Crippen LogP contribution in [0.5, 0.6) is 0 Å². The van der Waals surface area contributed by atoms with Gasteiger partial charge in [-0.25, -0.2) is 4.98 Å². The summed E-state index contributed by atoms with van der Waals surface area (Å²) in [5.41, 5.74) is 0.910. The molecule has 100 valence electrons. The van der Waals surface area contributed by atoms with E-state index in [-0.39, 0.29) is 5.91 Å². The van der Waals surface area contributed by atoms with Crippen LogP contribution < -0.4 is 0 Å². The van der Waals surface area contributed by atoms with Crippen molar-refractivity contribution in [3.05, 3.63) is 29.6 Å². The molecule has 1 amide bonds. The molecule has 1 heterocycles. The van der Waals surface area contributed by atoms with Gasteiger partial charge in [-0.3, -0.25) is 4.79 Å². The second-order valence-electron chi connectivity index (χ2n) is 4.67. The van der Waals surface area contributed by atoms with Crippen LogP contribution >= 0.6 is 15.9 Å². The summed E-state index contributed by atoms with van der Waals surface area (Å²) in [6.45, 7) is 0.760. The lowest BCUT2D eigenvalue weighted by atomic mass is 9.91. The molecule has 0 saturated heterocycles. The van der Waals surface area contributed by atoms with Crippen LogP contribution in [0.1, 0.15) is 41.7 Å². The minimum atomic E-state index is -0.0184. The van der Waals surface area contributed by atoms with Gasteiger partial charge in [0.2, 0.25) is 0 Å². The molecule has 0 unspecified atom stereocenters. The predicted octanol–water partition coefficient (Wildman–Crippen LogP) is 2.73. The van der Waals surface area contributed by atoms with Gasteiger partial charge >= 0.3 is 0 Å². The Kier molecular flexibility index (Phi) is 4.92. The van der Waals surface area contributed by atoms with Crippen LogP contribution in [0.4, 0.5) is 0 Å². The van der Waals surface area contributed by atoms with Crippen molar-refractivity contribution in [1.29, 1.82) is 5.26 Å². The number of nitrogens with zero attached hydrogens (tertiary/aromatic N) is 3. The molecule has 1 aromatic heterocycles. The number of halogens is 1. The monoisotopic (exact) mass is 321 g/mol. The molecule has 1 aromatic rings. The number of alkyl halides is 1. The molecule has 0 N–H and O–H groups in total. The van der Waals surface area contributed by atoms with E-state index in [4.69, 9.17) is 5.26 Å². The van der Waals surface area contributed by atoms with Crippen molar-refractivity contribution in [3.63, 3.8) is 0 Å². The Bertz CT molecular complexity index is 476. The zero-order chi connectivity index (χ0) is 13.7. The van der Waals surface area contributed by atoms with Crippen molar-refractivity contribution in [2.45, 2.75) is 31.7 Å². The number of carbonyl (C=O) groups is 1. The smallest absolute Gasteiger partial charge is 0.272 e. The summed E-state index contributed by atoms with van der Waals surface area (Å²) in [6.07, 6.45) is 5.77. The number of hydrogen-bond acceptors (Lipinski definition) is 3. The topological polar surface area (TPSA) is 57.0 Å². The van der Waals surface area contributed by atoms with Gasteiger partial charge in [-0.1, -0.05) is 15.9 Å². The highest BCUT2D eigenvalue weighted by molar-refractivity contribution is 9.09. The highest BCUT2D eigenvalue weighted by Gasteiger charge is 2.29. The van der Waals surface area contributed by atoms with E-state index in [1.807, 2.05) is 11.0 Å². The summed E-state index contributed by atoms with van der Waals surface area (Å²) in [5.74, 6) is -0.0184.